The number of hydrogen-bond donors (Lipinski definition) is 0. The summed E-state index contributed by atoms with van der Waals surface area (Å²) in [5.74, 6) is 0.0956. The highest BCUT2D eigenvalue weighted by molar-refractivity contribution is 5.70. The number of aromatic nitrogens is 1. The first-order chi connectivity index (χ1) is 17.1. The van der Waals surface area contributed by atoms with Crippen molar-refractivity contribution in [3.8, 4) is 11.3 Å². The highest BCUT2D eigenvalue weighted by Gasteiger charge is 2.32. The zero-order valence-corrected chi connectivity index (χ0v) is 20.5. The van der Waals surface area contributed by atoms with Gasteiger partial charge >= 0.3 is 5.97 Å². The van der Waals surface area contributed by atoms with Crippen molar-refractivity contribution in [3.05, 3.63) is 119 Å². The van der Waals surface area contributed by atoms with Gasteiger partial charge in [0.25, 0.3) is 0 Å². The maximum Gasteiger partial charge on any atom is 0.302 e. The summed E-state index contributed by atoms with van der Waals surface area (Å²) in [6.07, 6.45) is 0. The molecule has 4 heteroatoms. The summed E-state index contributed by atoms with van der Waals surface area (Å²) in [5, 5.41) is 0. The molecule has 1 aromatic heterocycles. The summed E-state index contributed by atoms with van der Waals surface area (Å²) in [6, 6.07) is 31.8. The Morgan fingerprint density at radius 3 is 2.03 bits per heavy atom. The Bertz CT molecular complexity index is 1280. The number of carbonyl (C=O) groups is 1. The zero-order valence-electron chi connectivity index (χ0n) is 20.5. The topological polar surface area (TPSA) is 34.5 Å². The average Bonchev–Trinajstić information content (AvgIpc) is 3.17. The van der Waals surface area contributed by atoms with Crippen molar-refractivity contribution in [1.29, 1.82) is 0 Å². The minimum Gasteiger partial charge on any atom is -0.461 e. The summed E-state index contributed by atoms with van der Waals surface area (Å²) in [6.45, 7) is 7.62. The van der Waals surface area contributed by atoms with Crippen LogP contribution in [0.15, 0.2) is 91.0 Å². The van der Waals surface area contributed by atoms with Crippen molar-refractivity contribution >= 4 is 5.97 Å². The lowest BCUT2D eigenvalue weighted by atomic mass is 9.94. The fourth-order valence-corrected chi connectivity index (χ4v) is 5.39. The monoisotopic (exact) mass is 464 g/mol. The predicted octanol–water partition coefficient (Wildman–Crippen LogP) is 6.39. The standard InChI is InChI=1S/C31H32N2O2/c1-23-18-32(19-25-12-6-3-7-13-25)21-28-29(22-35-24(2)34)31(27-16-10-5-11-17-27)33(30(23)28)20-26-14-8-4-9-15-26/h3-17,23H,18-22H2,1-2H3. The summed E-state index contributed by atoms with van der Waals surface area (Å²) in [5.41, 5.74) is 8.69. The van der Waals surface area contributed by atoms with Crippen LogP contribution in [-0.2, 0) is 35.8 Å². The van der Waals surface area contributed by atoms with Crippen LogP contribution < -0.4 is 0 Å². The SMILES string of the molecule is CC(=O)OCc1c2c(n(Cc3ccccc3)c1-c1ccccc1)C(C)CN(Cc1ccccc1)C2. The second kappa shape index (κ2) is 10.3. The molecule has 0 saturated heterocycles. The van der Waals surface area contributed by atoms with Crippen LogP contribution in [0.4, 0.5) is 0 Å². The Kier molecular flexibility index (Phi) is 6.82. The molecular formula is C31H32N2O2. The molecule has 4 aromatic rings. The van der Waals surface area contributed by atoms with Gasteiger partial charge in [-0.2, -0.15) is 0 Å². The number of carbonyl (C=O) groups excluding carboxylic acids is 1. The fourth-order valence-electron chi connectivity index (χ4n) is 5.39. The van der Waals surface area contributed by atoms with Crippen molar-refractivity contribution in [1.82, 2.24) is 9.47 Å². The summed E-state index contributed by atoms with van der Waals surface area (Å²) in [7, 11) is 0. The van der Waals surface area contributed by atoms with Gasteiger partial charge in [-0.05, 0) is 22.3 Å². The van der Waals surface area contributed by atoms with E-state index in [2.05, 4.69) is 101 Å². The molecular weight excluding hydrogens is 432 g/mol. The molecule has 3 aromatic carbocycles. The number of hydrogen-bond acceptors (Lipinski definition) is 3. The summed E-state index contributed by atoms with van der Waals surface area (Å²) < 4.78 is 8.11. The quantitative estimate of drug-likeness (QED) is 0.297. The fraction of sp³-hybridized carbons (Fsp3) is 0.258. The second-order valence-electron chi connectivity index (χ2n) is 9.47. The van der Waals surface area contributed by atoms with Crippen LogP contribution >= 0.6 is 0 Å². The number of ether oxygens (including phenoxy) is 1. The molecule has 0 aliphatic carbocycles. The molecule has 2 heterocycles. The van der Waals surface area contributed by atoms with E-state index in [4.69, 9.17) is 4.74 Å². The maximum absolute atomic E-state index is 11.9. The Morgan fingerprint density at radius 2 is 1.43 bits per heavy atom. The van der Waals surface area contributed by atoms with E-state index in [1.165, 1.54) is 29.3 Å². The zero-order chi connectivity index (χ0) is 24.2. The molecule has 1 aliphatic heterocycles. The molecule has 0 N–H and O–H groups in total. The molecule has 35 heavy (non-hydrogen) atoms. The van der Waals surface area contributed by atoms with E-state index in [-0.39, 0.29) is 12.6 Å². The molecule has 178 valence electrons. The molecule has 1 aliphatic rings. The van der Waals surface area contributed by atoms with Crippen LogP contribution in [0.1, 0.15) is 47.7 Å². The molecule has 4 nitrogen and oxygen atoms in total. The minimum absolute atomic E-state index is 0.251. The van der Waals surface area contributed by atoms with Crippen LogP contribution in [-0.4, -0.2) is 22.0 Å². The highest BCUT2D eigenvalue weighted by atomic mass is 16.5. The lowest BCUT2D eigenvalue weighted by Crippen LogP contribution is -2.33. The molecule has 0 radical (unpaired) electrons. The van der Waals surface area contributed by atoms with Crippen molar-refractivity contribution in [2.45, 2.75) is 46.0 Å². The predicted molar refractivity (Wildman–Crippen MR) is 140 cm³/mol. The number of benzene rings is 3. The van der Waals surface area contributed by atoms with Crippen LogP contribution in [0.5, 0.6) is 0 Å². The molecule has 0 amide bonds. The summed E-state index contributed by atoms with van der Waals surface area (Å²) in [4.78, 5) is 14.4. The number of esters is 1. The van der Waals surface area contributed by atoms with Crippen LogP contribution in [0, 0.1) is 0 Å². The molecule has 0 bridgehead atoms. The average molecular weight is 465 g/mol. The molecule has 1 unspecified atom stereocenters. The Balaban J connectivity index is 1.64. The van der Waals surface area contributed by atoms with Crippen molar-refractivity contribution in [2.75, 3.05) is 6.54 Å². The van der Waals surface area contributed by atoms with Crippen LogP contribution in [0.25, 0.3) is 11.3 Å². The Hall–Kier alpha value is -3.63. The first kappa shape index (κ1) is 23.1. The second-order valence-corrected chi connectivity index (χ2v) is 9.47. The smallest absolute Gasteiger partial charge is 0.302 e. The van der Waals surface area contributed by atoms with Crippen LogP contribution in [0.3, 0.4) is 0 Å². The van der Waals surface area contributed by atoms with E-state index in [1.807, 2.05) is 6.07 Å². The molecule has 0 saturated carbocycles. The van der Waals surface area contributed by atoms with E-state index in [9.17, 15) is 4.79 Å². The Labute approximate surface area is 207 Å². The van der Waals surface area contributed by atoms with Gasteiger partial charge in [-0.25, -0.2) is 0 Å². The van der Waals surface area contributed by atoms with Gasteiger partial charge in [0.15, 0.2) is 0 Å². The van der Waals surface area contributed by atoms with Gasteiger partial charge in [0, 0.05) is 50.3 Å². The van der Waals surface area contributed by atoms with E-state index < -0.39 is 0 Å². The van der Waals surface area contributed by atoms with Gasteiger partial charge in [0.1, 0.15) is 6.61 Å². The Morgan fingerprint density at radius 1 is 0.857 bits per heavy atom. The summed E-state index contributed by atoms with van der Waals surface area (Å²) >= 11 is 0. The van der Waals surface area contributed by atoms with Gasteiger partial charge in [0.05, 0.1) is 5.69 Å². The molecule has 0 spiro atoms. The number of rotatable bonds is 7. The minimum atomic E-state index is -0.251. The first-order valence-electron chi connectivity index (χ1n) is 12.3. The highest BCUT2D eigenvalue weighted by Crippen LogP contribution is 2.40. The van der Waals surface area contributed by atoms with E-state index >= 15 is 0 Å². The van der Waals surface area contributed by atoms with E-state index in [0.29, 0.717) is 5.92 Å². The molecule has 1 atom stereocenters. The van der Waals surface area contributed by atoms with E-state index in [0.717, 1.165) is 43.0 Å². The van der Waals surface area contributed by atoms with E-state index in [1.54, 1.807) is 0 Å². The van der Waals surface area contributed by atoms with Crippen molar-refractivity contribution in [3.63, 3.8) is 0 Å². The van der Waals surface area contributed by atoms with Gasteiger partial charge in [-0.1, -0.05) is 97.9 Å². The normalized spacial score (nSPS) is 15.5. The third-order valence-corrected chi connectivity index (χ3v) is 6.80. The third kappa shape index (κ3) is 5.08. The largest absolute Gasteiger partial charge is 0.461 e. The van der Waals surface area contributed by atoms with Crippen molar-refractivity contribution in [2.24, 2.45) is 0 Å². The van der Waals surface area contributed by atoms with Gasteiger partial charge in [0.2, 0.25) is 0 Å². The van der Waals surface area contributed by atoms with Crippen molar-refractivity contribution < 1.29 is 9.53 Å². The lowest BCUT2D eigenvalue weighted by molar-refractivity contribution is -0.142. The van der Waals surface area contributed by atoms with Gasteiger partial charge in [-0.15, -0.1) is 0 Å². The van der Waals surface area contributed by atoms with Gasteiger partial charge in [-0.3, -0.25) is 9.69 Å². The lowest BCUT2D eigenvalue weighted by Gasteiger charge is -2.33. The first-order valence-corrected chi connectivity index (χ1v) is 12.3. The molecule has 5 rings (SSSR count). The number of fused-ring (bicyclic) bond motifs is 1. The maximum atomic E-state index is 11.9. The molecule has 0 fully saturated rings. The number of nitrogens with zero attached hydrogens (tertiary/aromatic N) is 2. The van der Waals surface area contributed by atoms with Gasteiger partial charge < -0.3 is 9.30 Å². The third-order valence-electron chi connectivity index (χ3n) is 6.80. The van der Waals surface area contributed by atoms with Crippen LogP contribution in [0.2, 0.25) is 0 Å².